The molecule has 2 nitrogen and oxygen atoms in total. The Bertz CT molecular complexity index is 646. The number of benzene rings is 1. The second-order valence-corrected chi connectivity index (χ2v) is 6.00. The molecule has 0 atom stereocenters. The van der Waals surface area contributed by atoms with Crippen LogP contribution in [0.25, 0.3) is 0 Å². The highest BCUT2D eigenvalue weighted by Gasteiger charge is 2.30. The average Bonchev–Trinajstić information content (AvgIpc) is 2.88. The first-order chi connectivity index (χ1) is 9.77. The van der Waals surface area contributed by atoms with E-state index in [2.05, 4.69) is 5.32 Å². The predicted molar refractivity (Wildman–Crippen MR) is 77.8 cm³/mol. The molecule has 112 valence electrons. The summed E-state index contributed by atoms with van der Waals surface area (Å²) in [7, 11) is 0. The molecule has 0 aliphatic rings. The molecular weight excluding hydrogens is 299 g/mol. The lowest BCUT2D eigenvalue weighted by molar-refractivity contribution is -0.137. The Kier molecular flexibility index (Phi) is 4.37. The van der Waals surface area contributed by atoms with Crippen LogP contribution in [0, 0.1) is 0 Å². The van der Waals surface area contributed by atoms with E-state index in [1.54, 1.807) is 6.07 Å². The molecule has 1 heterocycles. The van der Waals surface area contributed by atoms with Gasteiger partial charge in [-0.15, -0.1) is 11.3 Å². The number of hydrogen-bond acceptors (Lipinski definition) is 2. The second-order valence-electron chi connectivity index (χ2n) is 4.89. The van der Waals surface area contributed by atoms with Gasteiger partial charge < -0.3 is 5.32 Å². The van der Waals surface area contributed by atoms with Crippen LogP contribution < -0.4 is 5.32 Å². The minimum absolute atomic E-state index is 0.134. The zero-order valence-electron chi connectivity index (χ0n) is 11.5. The maximum Gasteiger partial charge on any atom is 0.416 e. The molecule has 0 saturated carbocycles. The van der Waals surface area contributed by atoms with Gasteiger partial charge in [-0.25, -0.2) is 0 Å². The van der Waals surface area contributed by atoms with E-state index in [4.69, 9.17) is 0 Å². The highest BCUT2D eigenvalue weighted by molar-refractivity contribution is 7.14. The number of carbonyl (C=O) groups excluding carboxylic acids is 1. The van der Waals surface area contributed by atoms with Gasteiger partial charge in [0.2, 0.25) is 0 Å². The van der Waals surface area contributed by atoms with Gasteiger partial charge in [-0.3, -0.25) is 4.79 Å². The normalized spacial score (nSPS) is 11.7. The third kappa shape index (κ3) is 3.85. The third-order valence-electron chi connectivity index (χ3n) is 2.87. The molecule has 1 aromatic heterocycles. The molecule has 0 bridgehead atoms. The van der Waals surface area contributed by atoms with E-state index in [9.17, 15) is 18.0 Å². The van der Waals surface area contributed by atoms with Crippen LogP contribution in [0.1, 0.15) is 39.9 Å². The van der Waals surface area contributed by atoms with Crippen LogP contribution in [0.15, 0.2) is 36.4 Å². The number of alkyl halides is 3. The number of carbonyl (C=O) groups is 1. The first-order valence-corrected chi connectivity index (χ1v) is 7.17. The van der Waals surface area contributed by atoms with Gasteiger partial charge in [-0.1, -0.05) is 19.9 Å². The van der Waals surface area contributed by atoms with E-state index >= 15 is 0 Å². The molecule has 21 heavy (non-hydrogen) atoms. The summed E-state index contributed by atoms with van der Waals surface area (Å²) in [4.78, 5) is 13.6. The van der Waals surface area contributed by atoms with Crippen molar-refractivity contribution in [2.75, 3.05) is 5.32 Å². The Morgan fingerprint density at radius 2 is 1.90 bits per heavy atom. The molecule has 0 unspecified atom stereocenters. The highest BCUT2D eigenvalue weighted by atomic mass is 32.1. The fraction of sp³-hybridized carbons (Fsp3) is 0.267. The number of amides is 1. The molecule has 2 aromatic rings. The Labute approximate surface area is 124 Å². The summed E-state index contributed by atoms with van der Waals surface area (Å²) in [6, 6.07) is 8.14. The quantitative estimate of drug-likeness (QED) is 0.835. The molecule has 0 aliphatic heterocycles. The first-order valence-electron chi connectivity index (χ1n) is 6.35. The summed E-state index contributed by atoms with van der Waals surface area (Å²) < 4.78 is 37.8. The monoisotopic (exact) mass is 313 g/mol. The molecule has 1 aromatic carbocycles. The van der Waals surface area contributed by atoms with E-state index in [1.807, 2.05) is 19.9 Å². The van der Waals surface area contributed by atoms with Crippen LogP contribution in [0.4, 0.5) is 18.9 Å². The second kappa shape index (κ2) is 5.89. The molecule has 0 fully saturated rings. The van der Waals surface area contributed by atoms with Crippen LogP contribution in [0.5, 0.6) is 0 Å². The van der Waals surface area contributed by atoms with Crippen molar-refractivity contribution in [2.24, 2.45) is 0 Å². The van der Waals surface area contributed by atoms with Gasteiger partial charge >= 0.3 is 6.18 Å². The molecule has 6 heteroatoms. The van der Waals surface area contributed by atoms with Crippen molar-refractivity contribution in [3.05, 3.63) is 51.7 Å². The molecule has 0 spiro atoms. The summed E-state index contributed by atoms with van der Waals surface area (Å²) in [5.74, 6) is -0.0867. The smallest absolute Gasteiger partial charge is 0.321 e. The van der Waals surface area contributed by atoms with Gasteiger partial charge in [0, 0.05) is 10.6 Å². The maximum atomic E-state index is 12.6. The summed E-state index contributed by atoms with van der Waals surface area (Å²) >= 11 is 1.34. The first kappa shape index (κ1) is 15.6. The fourth-order valence-corrected chi connectivity index (χ4v) is 2.66. The van der Waals surface area contributed by atoms with Crippen LogP contribution in [-0.2, 0) is 6.18 Å². The van der Waals surface area contributed by atoms with Crippen molar-refractivity contribution in [2.45, 2.75) is 25.9 Å². The van der Waals surface area contributed by atoms with Gasteiger partial charge in [-0.05, 0) is 36.2 Å². The fourth-order valence-electron chi connectivity index (χ4n) is 1.75. The van der Waals surface area contributed by atoms with Crippen molar-refractivity contribution in [3.8, 4) is 0 Å². The van der Waals surface area contributed by atoms with Crippen LogP contribution >= 0.6 is 11.3 Å². The van der Waals surface area contributed by atoms with E-state index in [0.717, 1.165) is 17.0 Å². The lowest BCUT2D eigenvalue weighted by Gasteiger charge is -2.09. The van der Waals surface area contributed by atoms with E-state index in [0.29, 0.717) is 10.8 Å². The predicted octanol–water partition coefficient (Wildman–Crippen LogP) is 5.14. The molecule has 1 N–H and O–H groups in total. The minimum atomic E-state index is -4.42. The Morgan fingerprint density at radius 3 is 2.48 bits per heavy atom. The highest BCUT2D eigenvalue weighted by Crippen LogP contribution is 2.31. The summed E-state index contributed by atoms with van der Waals surface area (Å²) in [6.07, 6.45) is -4.42. The van der Waals surface area contributed by atoms with E-state index in [-0.39, 0.29) is 5.69 Å². The van der Waals surface area contributed by atoms with Crippen molar-refractivity contribution in [3.63, 3.8) is 0 Å². The number of anilines is 1. The number of thiophene rings is 1. The molecule has 1 amide bonds. The SMILES string of the molecule is CC(C)c1ccc(C(=O)Nc2cccc(C(F)(F)F)c2)s1. The van der Waals surface area contributed by atoms with Gasteiger partial charge in [0.1, 0.15) is 0 Å². The zero-order valence-corrected chi connectivity index (χ0v) is 12.3. The number of hydrogen-bond donors (Lipinski definition) is 1. The van der Waals surface area contributed by atoms with E-state index in [1.165, 1.54) is 23.5 Å². The molecule has 0 saturated heterocycles. The van der Waals surface area contributed by atoms with Crippen molar-refractivity contribution < 1.29 is 18.0 Å². The van der Waals surface area contributed by atoms with Crippen LogP contribution in [-0.4, -0.2) is 5.91 Å². The Hall–Kier alpha value is -1.82. The van der Waals surface area contributed by atoms with Crippen molar-refractivity contribution in [1.29, 1.82) is 0 Å². The number of halogens is 3. The van der Waals surface area contributed by atoms with Crippen molar-refractivity contribution in [1.82, 2.24) is 0 Å². The molecular formula is C15H14F3NOS. The topological polar surface area (TPSA) is 29.1 Å². The lowest BCUT2D eigenvalue weighted by Crippen LogP contribution is -2.11. The largest absolute Gasteiger partial charge is 0.416 e. The summed E-state index contributed by atoms with van der Waals surface area (Å²) in [5, 5.41) is 2.49. The van der Waals surface area contributed by atoms with Gasteiger partial charge in [0.15, 0.2) is 0 Å². The number of rotatable bonds is 3. The summed E-state index contributed by atoms with van der Waals surface area (Å²) in [6.45, 7) is 4.03. The molecule has 2 rings (SSSR count). The molecule has 0 aliphatic carbocycles. The van der Waals surface area contributed by atoms with Crippen LogP contribution in [0.3, 0.4) is 0 Å². The van der Waals surface area contributed by atoms with E-state index < -0.39 is 17.6 Å². The van der Waals surface area contributed by atoms with Gasteiger partial charge in [0.25, 0.3) is 5.91 Å². The minimum Gasteiger partial charge on any atom is -0.321 e. The van der Waals surface area contributed by atoms with Crippen molar-refractivity contribution >= 4 is 22.9 Å². The lowest BCUT2D eigenvalue weighted by atomic mass is 10.2. The average molecular weight is 313 g/mol. The summed E-state index contributed by atoms with van der Waals surface area (Å²) in [5.41, 5.74) is -0.649. The van der Waals surface area contributed by atoms with Crippen LogP contribution in [0.2, 0.25) is 0 Å². The maximum absolute atomic E-state index is 12.6. The zero-order chi connectivity index (χ0) is 15.6. The van der Waals surface area contributed by atoms with Gasteiger partial charge in [-0.2, -0.15) is 13.2 Å². The Morgan fingerprint density at radius 1 is 1.19 bits per heavy atom. The van der Waals surface area contributed by atoms with Gasteiger partial charge in [0.05, 0.1) is 10.4 Å². The molecule has 0 radical (unpaired) electrons. The standard InChI is InChI=1S/C15H14F3NOS/c1-9(2)12-6-7-13(21-12)14(20)19-11-5-3-4-10(8-11)15(16,17)18/h3-9H,1-2H3,(H,19,20). The Balaban J connectivity index is 2.15. The number of nitrogens with one attached hydrogen (secondary N) is 1. The third-order valence-corrected chi connectivity index (χ3v) is 4.25.